The first-order valence-corrected chi connectivity index (χ1v) is 12.0. The van der Waals surface area contributed by atoms with Gasteiger partial charge in [-0.1, -0.05) is 53.7 Å². The maximum absolute atomic E-state index is 9.45. The molecule has 0 atom stereocenters. The molecule has 0 aliphatic carbocycles. The lowest BCUT2D eigenvalue weighted by Gasteiger charge is -2.54. The molecule has 0 N–H and O–H groups in total. The topological polar surface area (TPSA) is 30.3 Å². The average Bonchev–Trinajstić information content (AvgIpc) is 2.71. The van der Waals surface area contributed by atoms with Gasteiger partial charge in [0.1, 0.15) is 6.07 Å². The van der Waals surface area contributed by atoms with E-state index >= 15 is 0 Å². The van der Waals surface area contributed by atoms with Gasteiger partial charge >= 0.3 is 0 Å². The molecule has 3 heteroatoms. The lowest BCUT2D eigenvalue weighted by molar-refractivity contribution is -0.0286. The molecule has 0 unspecified atom stereocenters. The van der Waals surface area contributed by atoms with Crippen molar-refractivity contribution in [2.24, 2.45) is 10.8 Å². The van der Waals surface area contributed by atoms with Crippen molar-refractivity contribution in [2.75, 3.05) is 24.5 Å². The number of piperidine rings is 1. The molecule has 2 aliphatic rings. The van der Waals surface area contributed by atoms with E-state index in [1.807, 2.05) is 32.0 Å². The molecular weight excluding hydrogens is 366 g/mol. The number of hydrogen-bond donors (Lipinski definition) is 0. The lowest BCUT2D eigenvalue weighted by Crippen LogP contribution is -2.58. The predicted octanol–water partition coefficient (Wildman–Crippen LogP) is 6.87. The largest absolute Gasteiger partial charge is 0.370 e. The van der Waals surface area contributed by atoms with Crippen LogP contribution in [0.5, 0.6) is 0 Å². The van der Waals surface area contributed by atoms with Gasteiger partial charge < -0.3 is 4.90 Å². The number of rotatable bonds is 2. The van der Waals surface area contributed by atoms with Crippen molar-refractivity contribution in [3.8, 4) is 6.07 Å². The Balaban J connectivity index is 0.00000155. The van der Waals surface area contributed by atoms with E-state index in [1.54, 1.807) is 0 Å². The quantitative estimate of drug-likeness (QED) is 0.532. The van der Waals surface area contributed by atoms with Gasteiger partial charge in [-0.25, -0.2) is 0 Å². The molecule has 0 bridgehead atoms. The number of nitrogens with zero attached hydrogens (tertiary/aromatic N) is 3. The van der Waals surface area contributed by atoms with Gasteiger partial charge in [0.15, 0.2) is 0 Å². The third-order valence-electron chi connectivity index (χ3n) is 7.04. The highest BCUT2D eigenvalue weighted by atomic mass is 15.3. The van der Waals surface area contributed by atoms with E-state index in [1.165, 1.54) is 38.6 Å². The zero-order valence-electron chi connectivity index (χ0n) is 20.9. The zero-order chi connectivity index (χ0) is 22.6. The Morgan fingerprint density at radius 1 is 0.900 bits per heavy atom. The van der Waals surface area contributed by atoms with Gasteiger partial charge in [0, 0.05) is 31.2 Å². The first-order valence-electron chi connectivity index (χ1n) is 12.0. The summed E-state index contributed by atoms with van der Waals surface area (Å²) < 4.78 is 0. The summed E-state index contributed by atoms with van der Waals surface area (Å²) in [5, 5.41) is 9.45. The molecular formula is C27H45N3. The fourth-order valence-electron chi connectivity index (χ4n) is 5.68. The van der Waals surface area contributed by atoms with Crippen LogP contribution in [-0.4, -0.2) is 36.1 Å². The highest BCUT2D eigenvalue weighted by Gasteiger charge is 2.43. The maximum atomic E-state index is 9.45. The van der Waals surface area contributed by atoms with Crippen molar-refractivity contribution in [1.29, 1.82) is 5.26 Å². The normalized spacial score (nSPS) is 24.0. The summed E-state index contributed by atoms with van der Waals surface area (Å²) >= 11 is 0. The Bertz CT molecular complexity index is 718. The Morgan fingerprint density at radius 3 is 2.07 bits per heavy atom. The summed E-state index contributed by atoms with van der Waals surface area (Å²) in [6, 6.07) is 11.0. The van der Waals surface area contributed by atoms with E-state index in [-0.39, 0.29) is 5.54 Å². The fourth-order valence-corrected chi connectivity index (χ4v) is 5.68. The molecule has 0 saturated carbocycles. The van der Waals surface area contributed by atoms with Crippen molar-refractivity contribution in [3.05, 3.63) is 29.8 Å². The number of benzene rings is 1. The molecule has 2 aliphatic heterocycles. The fraction of sp³-hybridized carbons (Fsp3) is 0.741. The average molecular weight is 412 g/mol. The molecule has 0 aromatic heterocycles. The van der Waals surface area contributed by atoms with Crippen LogP contribution in [-0.2, 0) is 0 Å². The highest BCUT2D eigenvalue weighted by Crippen LogP contribution is 2.44. The first kappa shape index (κ1) is 24.7. The third kappa shape index (κ3) is 6.01. The molecule has 1 aromatic rings. The standard InChI is InChI=1S/C25H39N3.C2H6/c1-23(2)13-14-24(3,4)19-28(25(5,6)18-23)21-11-15-27(16-12-21)22-10-8-7-9-20(22)17-26;1-2/h7-10,21H,11-16,18-19H2,1-6H3;1-2H3. The summed E-state index contributed by atoms with van der Waals surface area (Å²) in [4.78, 5) is 5.27. The van der Waals surface area contributed by atoms with E-state index in [4.69, 9.17) is 0 Å². The predicted molar refractivity (Wildman–Crippen MR) is 130 cm³/mol. The molecule has 0 spiro atoms. The van der Waals surface area contributed by atoms with Crippen LogP contribution in [0, 0.1) is 22.2 Å². The molecule has 0 amide bonds. The summed E-state index contributed by atoms with van der Waals surface area (Å²) in [5.41, 5.74) is 2.89. The molecule has 3 nitrogen and oxygen atoms in total. The van der Waals surface area contributed by atoms with E-state index in [0.29, 0.717) is 16.9 Å². The van der Waals surface area contributed by atoms with E-state index in [0.717, 1.165) is 24.3 Å². The van der Waals surface area contributed by atoms with Crippen LogP contribution in [0.2, 0.25) is 0 Å². The minimum Gasteiger partial charge on any atom is -0.370 e. The Labute approximate surface area is 186 Å². The minimum atomic E-state index is 0.221. The maximum Gasteiger partial charge on any atom is 0.101 e. The van der Waals surface area contributed by atoms with Gasteiger partial charge in [0.2, 0.25) is 0 Å². The van der Waals surface area contributed by atoms with Gasteiger partial charge in [0.05, 0.1) is 11.3 Å². The Morgan fingerprint density at radius 2 is 1.47 bits per heavy atom. The molecule has 30 heavy (non-hydrogen) atoms. The van der Waals surface area contributed by atoms with Crippen molar-refractivity contribution < 1.29 is 0 Å². The summed E-state index contributed by atoms with van der Waals surface area (Å²) in [7, 11) is 0. The van der Waals surface area contributed by atoms with Gasteiger partial charge in [-0.05, 0) is 68.9 Å². The third-order valence-corrected chi connectivity index (χ3v) is 7.04. The van der Waals surface area contributed by atoms with Crippen LogP contribution < -0.4 is 4.90 Å². The minimum absolute atomic E-state index is 0.221. The Kier molecular flexibility index (Phi) is 8.03. The molecule has 2 saturated heterocycles. The van der Waals surface area contributed by atoms with Crippen molar-refractivity contribution in [1.82, 2.24) is 4.90 Å². The first-order chi connectivity index (χ1) is 14.0. The van der Waals surface area contributed by atoms with Gasteiger partial charge in [-0.2, -0.15) is 5.26 Å². The summed E-state index contributed by atoms with van der Waals surface area (Å²) in [6.07, 6.45) is 6.24. The van der Waals surface area contributed by atoms with Crippen LogP contribution in [0.1, 0.15) is 93.1 Å². The molecule has 3 rings (SSSR count). The smallest absolute Gasteiger partial charge is 0.101 e. The molecule has 2 heterocycles. The second-order valence-corrected chi connectivity index (χ2v) is 11.3. The van der Waals surface area contributed by atoms with E-state index in [9.17, 15) is 5.26 Å². The Hall–Kier alpha value is -1.53. The number of anilines is 1. The van der Waals surface area contributed by atoms with Crippen molar-refractivity contribution in [2.45, 2.75) is 99.1 Å². The second kappa shape index (κ2) is 9.73. The number of nitriles is 1. The van der Waals surface area contributed by atoms with Crippen LogP contribution in [0.4, 0.5) is 5.69 Å². The van der Waals surface area contributed by atoms with Crippen LogP contribution in [0.15, 0.2) is 24.3 Å². The monoisotopic (exact) mass is 411 g/mol. The SMILES string of the molecule is CC.CC1(C)CCC(C)(C)CC(C)(C)N(C2CCN(c3ccccc3C#N)CC2)C1. The van der Waals surface area contributed by atoms with Crippen LogP contribution in [0.3, 0.4) is 0 Å². The van der Waals surface area contributed by atoms with Gasteiger partial charge in [0.25, 0.3) is 0 Å². The number of hydrogen-bond acceptors (Lipinski definition) is 3. The highest BCUT2D eigenvalue weighted by molar-refractivity contribution is 5.59. The lowest BCUT2D eigenvalue weighted by atomic mass is 9.69. The molecule has 0 radical (unpaired) electrons. The van der Waals surface area contributed by atoms with Crippen molar-refractivity contribution in [3.63, 3.8) is 0 Å². The van der Waals surface area contributed by atoms with Crippen LogP contribution in [0.25, 0.3) is 0 Å². The molecule has 168 valence electrons. The summed E-state index contributed by atoms with van der Waals surface area (Å²) in [5.74, 6) is 0. The van der Waals surface area contributed by atoms with E-state index < -0.39 is 0 Å². The van der Waals surface area contributed by atoms with Crippen LogP contribution >= 0.6 is 0 Å². The van der Waals surface area contributed by atoms with E-state index in [2.05, 4.69) is 63.5 Å². The van der Waals surface area contributed by atoms with Crippen molar-refractivity contribution >= 4 is 5.69 Å². The number of para-hydroxylation sites is 1. The molecule has 1 aromatic carbocycles. The number of likely N-dealkylation sites (tertiary alicyclic amines) is 1. The van der Waals surface area contributed by atoms with Gasteiger partial charge in [-0.15, -0.1) is 0 Å². The van der Waals surface area contributed by atoms with Gasteiger partial charge in [-0.3, -0.25) is 4.90 Å². The molecule has 2 fully saturated rings. The second-order valence-electron chi connectivity index (χ2n) is 11.3. The summed E-state index contributed by atoms with van der Waals surface area (Å²) in [6.45, 7) is 22.0. The zero-order valence-corrected chi connectivity index (χ0v) is 20.9.